The second kappa shape index (κ2) is 7.03. The van der Waals surface area contributed by atoms with Crippen LogP contribution in [-0.2, 0) is 9.53 Å². The van der Waals surface area contributed by atoms with Gasteiger partial charge in [-0.05, 0) is 0 Å². The van der Waals surface area contributed by atoms with Gasteiger partial charge >= 0.3 is 35.5 Å². The first-order valence-corrected chi connectivity index (χ1v) is 2.34. The molecule has 0 saturated carbocycles. The van der Waals surface area contributed by atoms with Gasteiger partial charge in [-0.15, -0.1) is 0 Å². The standard InChI is InChI=1S/C5H7NO3.Na.H/c1-9-5(8)4(2-6)3-7;;/h4,7H,3H2,1H3;;. The van der Waals surface area contributed by atoms with Gasteiger partial charge in [0.05, 0.1) is 19.8 Å². The van der Waals surface area contributed by atoms with Crippen molar-refractivity contribution in [1.82, 2.24) is 0 Å². The van der Waals surface area contributed by atoms with E-state index in [9.17, 15) is 4.79 Å². The average Bonchev–Trinajstić information content (AvgIpc) is 1.90. The third kappa shape index (κ3) is 3.85. The Hall–Kier alpha value is -0.0800. The fraction of sp³-hybridized carbons (Fsp3) is 0.600. The Bertz CT molecular complexity index is 142. The number of carbonyl (C=O) groups is 1. The van der Waals surface area contributed by atoms with Crippen molar-refractivity contribution in [1.29, 1.82) is 5.26 Å². The second-order valence-electron chi connectivity index (χ2n) is 1.39. The molecule has 1 N–H and O–H groups in total. The van der Waals surface area contributed by atoms with Gasteiger partial charge in [-0.25, -0.2) is 0 Å². The van der Waals surface area contributed by atoms with Crippen LogP contribution in [0.4, 0.5) is 0 Å². The molecule has 0 rings (SSSR count). The molecule has 10 heavy (non-hydrogen) atoms. The van der Waals surface area contributed by atoms with Gasteiger partial charge in [0.1, 0.15) is 0 Å². The van der Waals surface area contributed by atoms with Gasteiger partial charge in [0.25, 0.3) is 0 Å². The summed E-state index contributed by atoms with van der Waals surface area (Å²) in [5, 5.41) is 16.4. The summed E-state index contributed by atoms with van der Waals surface area (Å²) in [5.41, 5.74) is 0. The van der Waals surface area contributed by atoms with Crippen LogP contribution in [0.5, 0.6) is 0 Å². The number of nitriles is 1. The molecule has 1 unspecified atom stereocenters. The number of nitrogens with zero attached hydrogens (tertiary/aromatic N) is 1. The number of carbonyl (C=O) groups excluding carboxylic acids is 1. The molecular formula is C5H8NNaO3. The van der Waals surface area contributed by atoms with Gasteiger partial charge in [0.15, 0.2) is 5.92 Å². The Balaban J connectivity index is 0. The van der Waals surface area contributed by atoms with Crippen molar-refractivity contribution in [2.45, 2.75) is 0 Å². The predicted octanol–water partition coefficient (Wildman–Crippen LogP) is -1.36. The summed E-state index contributed by atoms with van der Waals surface area (Å²) < 4.78 is 4.17. The van der Waals surface area contributed by atoms with Crippen molar-refractivity contribution in [3.8, 4) is 6.07 Å². The molecule has 0 aromatic heterocycles. The third-order valence-corrected chi connectivity index (χ3v) is 0.824. The number of aliphatic hydroxyl groups is 1. The molecule has 0 aromatic carbocycles. The van der Waals surface area contributed by atoms with E-state index in [4.69, 9.17) is 10.4 Å². The number of ether oxygens (including phenoxy) is 1. The van der Waals surface area contributed by atoms with E-state index in [1.54, 1.807) is 6.07 Å². The fourth-order valence-electron chi connectivity index (χ4n) is 0.310. The summed E-state index contributed by atoms with van der Waals surface area (Å²) in [6.45, 7) is -0.483. The first-order chi connectivity index (χ1) is 4.26. The minimum atomic E-state index is -1.03. The van der Waals surface area contributed by atoms with E-state index in [1.165, 1.54) is 7.11 Å². The van der Waals surface area contributed by atoms with Crippen molar-refractivity contribution in [2.75, 3.05) is 13.7 Å². The Kier molecular flexibility index (Phi) is 8.85. The molecule has 1 atom stereocenters. The van der Waals surface area contributed by atoms with Gasteiger partial charge in [-0.3, -0.25) is 4.79 Å². The molecule has 4 nitrogen and oxygen atoms in total. The van der Waals surface area contributed by atoms with Gasteiger partial charge in [0, 0.05) is 0 Å². The molecule has 0 aliphatic rings. The van der Waals surface area contributed by atoms with Crippen LogP contribution >= 0.6 is 0 Å². The Morgan fingerprint density at radius 2 is 2.40 bits per heavy atom. The van der Waals surface area contributed by atoms with E-state index in [0.29, 0.717) is 0 Å². The monoisotopic (exact) mass is 153 g/mol. The van der Waals surface area contributed by atoms with Crippen LogP contribution in [0, 0.1) is 17.2 Å². The second-order valence-corrected chi connectivity index (χ2v) is 1.39. The Morgan fingerprint density at radius 3 is 2.50 bits per heavy atom. The summed E-state index contributed by atoms with van der Waals surface area (Å²) in [6.07, 6.45) is 0. The molecule has 5 heteroatoms. The molecule has 0 bridgehead atoms. The zero-order chi connectivity index (χ0) is 7.28. The number of esters is 1. The molecular weight excluding hydrogens is 145 g/mol. The molecule has 0 radical (unpaired) electrons. The maximum atomic E-state index is 10.4. The van der Waals surface area contributed by atoms with E-state index < -0.39 is 18.5 Å². The quantitative estimate of drug-likeness (QED) is 0.393. The molecule has 0 aliphatic heterocycles. The van der Waals surface area contributed by atoms with Gasteiger partial charge in [0.2, 0.25) is 0 Å². The molecule has 0 amide bonds. The van der Waals surface area contributed by atoms with Gasteiger partial charge in [-0.1, -0.05) is 0 Å². The molecule has 52 valence electrons. The Morgan fingerprint density at radius 1 is 1.90 bits per heavy atom. The average molecular weight is 153 g/mol. The first kappa shape index (κ1) is 12.6. The SMILES string of the molecule is COC(=O)C(C#N)CO.[NaH]. The number of rotatable bonds is 2. The first-order valence-electron chi connectivity index (χ1n) is 2.34. The van der Waals surface area contributed by atoms with Crippen LogP contribution < -0.4 is 0 Å². The van der Waals surface area contributed by atoms with Crippen LogP contribution in [0.1, 0.15) is 0 Å². The molecule has 0 saturated heterocycles. The van der Waals surface area contributed by atoms with E-state index in [-0.39, 0.29) is 29.6 Å². The summed E-state index contributed by atoms with van der Waals surface area (Å²) >= 11 is 0. The number of methoxy groups -OCH3 is 1. The van der Waals surface area contributed by atoms with Crippen LogP contribution in [0.3, 0.4) is 0 Å². The molecule has 0 aliphatic carbocycles. The molecule has 0 aromatic rings. The van der Waals surface area contributed by atoms with E-state index >= 15 is 0 Å². The van der Waals surface area contributed by atoms with Crippen LogP contribution in [0.25, 0.3) is 0 Å². The van der Waals surface area contributed by atoms with Crippen molar-refractivity contribution in [2.24, 2.45) is 5.92 Å². The van der Waals surface area contributed by atoms with Crippen molar-refractivity contribution in [3.63, 3.8) is 0 Å². The molecule has 0 heterocycles. The van der Waals surface area contributed by atoms with E-state index in [0.717, 1.165) is 0 Å². The van der Waals surface area contributed by atoms with Crippen LogP contribution in [0.15, 0.2) is 0 Å². The third-order valence-electron chi connectivity index (χ3n) is 0.824. The summed E-state index contributed by atoms with van der Waals surface area (Å²) in [5.74, 6) is -1.73. The fourth-order valence-corrected chi connectivity index (χ4v) is 0.310. The molecule has 0 spiro atoms. The topological polar surface area (TPSA) is 70.3 Å². The number of hydrogen-bond donors (Lipinski definition) is 1. The van der Waals surface area contributed by atoms with Crippen molar-refractivity contribution in [3.05, 3.63) is 0 Å². The van der Waals surface area contributed by atoms with E-state index in [1.807, 2.05) is 0 Å². The van der Waals surface area contributed by atoms with Gasteiger partial charge in [-0.2, -0.15) is 5.26 Å². The Labute approximate surface area is 81.1 Å². The minimum absolute atomic E-state index is 0. The van der Waals surface area contributed by atoms with Crippen molar-refractivity contribution >= 4 is 35.5 Å². The van der Waals surface area contributed by atoms with Crippen LogP contribution in [0.2, 0.25) is 0 Å². The van der Waals surface area contributed by atoms with Gasteiger partial charge < -0.3 is 9.84 Å². The summed E-state index contributed by atoms with van der Waals surface area (Å²) in [6, 6.07) is 1.58. The van der Waals surface area contributed by atoms with Crippen LogP contribution in [-0.4, -0.2) is 54.3 Å². The predicted molar refractivity (Wildman–Crippen MR) is 35.4 cm³/mol. The zero-order valence-electron chi connectivity index (χ0n) is 5.00. The summed E-state index contributed by atoms with van der Waals surface area (Å²) in [7, 11) is 1.17. The van der Waals surface area contributed by atoms with Crippen molar-refractivity contribution < 1.29 is 14.6 Å². The maximum absolute atomic E-state index is 10.4. The van der Waals surface area contributed by atoms with E-state index in [2.05, 4.69) is 4.74 Å². The normalized spacial score (nSPS) is 10.5. The summed E-state index contributed by atoms with van der Waals surface area (Å²) in [4.78, 5) is 10.4. The number of aliphatic hydroxyl groups excluding tert-OH is 1. The number of hydrogen-bond acceptors (Lipinski definition) is 4. The molecule has 0 fully saturated rings. The zero-order valence-corrected chi connectivity index (χ0v) is 5.00.